The van der Waals surface area contributed by atoms with E-state index in [0.717, 1.165) is 0 Å². The van der Waals surface area contributed by atoms with E-state index in [-0.39, 0.29) is 17.3 Å². The Morgan fingerprint density at radius 1 is 1.57 bits per heavy atom. The maximum Gasteiger partial charge on any atom is 0.250 e. The quantitative estimate of drug-likeness (QED) is 0.505. The highest BCUT2D eigenvalue weighted by atomic mass is 19.1. The number of halogens is 1. The number of ether oxygens (including phenoxy) is 1. The molecule has 5 heteroatoms. The van der Waals surface area contributed by atoms with E-state index in [2.05, 4.69) is 0 Å². The molecule has 1 aliphatic rings. The van der Waals surface area contributed by atoms with Crippen LogP contribution in [0.1, 0.15) is 5.56 Å². The fraction of sp³-hybridized carbons (Fsp3) is 0.333. The van der Waals surface area contributed by atoms with E-state index in [1.54, 1.807) is 0 Å². The van der Waals surface area contributed by atoms with Crippen LogP contribution in [0.3, 0.4) is 0 Å². The molecule has 0 aliphatic carbocycles. The fourth-order valence-electron chi connectivity index (χ4n) is 1.47. The summed E-state index contributed by atoms with van der Waals surface area (Å²) in [5.41, 5.74) is 0.694. The minimum atomic E-state index is -0.715. The first-order valence-corrected chi connectivity index (χ1v) is 4.21. The van der Waals surface area contributed by atoms with Crippen LogP contribution in [-0.4, -0.2) is 17.6 Å². The molecular formula is C9H8FNO3. The molecule has 74 valence electrons. The SMILES string of the molecule is O=[N+]([O-])C1COc2cc(F)ccc2C1. The average molecular weight is 197 g/mol. The molecule has 2 rings (SSSR count). The molecule has 1 aromatic carbocycles. The molecule has 0 saturated heterocycles. The van der Waals surface area contributed by atoms with Gasteiger partial charge in [-0.25, -0.2) is 4.39 Å². The Hall–Kier alpha value is -1.65. The summed E-state index contributed by atoms with van der Waals surface area (Å²) in [4.78, 5) is 10.1. The van der Waals surface area contributed by atoms with Gasteiger partial charge in [0.15, 0.2) is 6.61 Å². The third-order valence-corrected chi connectivity index (χ3v) is 2.21. The standard InChI is InChI=1S/C9H8FNO3/c10-7-2-1-6-3-8(11(12)13)5-14-9(6)4-7/h1-2,4,8H,3,5H2. The molecule has 0 bridgehead atoms. The average Bonchev–Trinajstić information content (AvgIpc) is 2.16. The summed E-state index contributed by atoms with van der Waals surface area (Å²) in [6.45, 7) is 0.0173. The van der Waals surface area contributed by atoms with Crippen molar-refractivity contribution in [2.24, 2.45) is 0 Å². The lowest BCUT2D eigenvalue weighted by Crippen LogP contribution is -2.33. The van der Waals surface area contributed by atoms with Gasteiger partial charge in [0.2, 0.25) is 0 Å². The summed E-state index contributed by atoms with van der Waals surface area (Å²) in [5.74, 6) is 0.0337. The van der Waals surface area contributed by atoms with E-state index >= 15 is 0 Å². The van der Waals surface area contributed by atoms with Crippen molar-refractivity contribution >= 4 is 0 Å². The van der Waals surface area contributed by atoms with Gasteiger partial charge in [0.1, 0.15) is 11.6 Å². The molecule has 14 heavy (non-hydrogen) atoms. The lowest BCUT2D eigenvalue weighted by atomic mass is 10.0. The van der Waals surface area contributed by atoms with E-state index in [4.69, 9.17) is 4.74 Å². The zero-order chi connectivity index (χ0) is 10.1. The van der Waals surface area contributed by atoms with Crippen molar-refractivity contribution in [1.29, 1.82) is 0 Å². The maximum absolute atomic E-state index is 12.7. The van der Waals surface area contributed by atoms with Crippen molar-refractivity contribution in [2.75, 3.05) is 6.61 Å². The minimum absolute atomic E-state index is 0.0173. The lowest BCUT2D eigenvalue weighted by Gasteiger charge is -2.19. The summed E-state index contributed by atoms with van der Waals surface area (Å²) >= 11 is 0. The van der Waals surface area contributed by atoms with Gasteiger partial charge in [0, 0.05) is 23.0 Å². The highest BCUT2D eigenvalue weighted by Gasteiger charge is 2.28. The van der Waals surface area contributed by atoms with Crippen molar-refractivity contribution in [3.05, 3.63) is 39.7 Å². The van der Waals surface area contributed by atoms with Gasteiger partial charge in [-0.15, -0.1) is 0 Å². The minimum Gasteiger partial charge on any atom is -0.486 e. The van der Waals surface area contributed by atoms with Crippen LogP contribution in [0, 0.1) is 15.9 Å². The normalized spacial score (nSPS) is 19.6. The Balaban J connectivity index is 2.27. The van der Waals surface area contributed by atoms with E-state index in [0.29, 0.717) is 17.7 Å². The van der Waals surface area contributed by atoms with Gasteiger partial charge in [-0.1, -0.05) is 6.07 Å². The Labute approximate surface area is 79.5 Å². The molecule has 0 amide bonds. The zero-order valence-corrected chi connectivity index (χ0v) is 7.27. The summed E-state index contributed by atoms with van der Waals surface area (Å²) in [5, 5.41) is 10.5. The van der Waals surface area contributed by atoms with Crippen LogP contribution in [0.25, 0.3) is 0 Å². The number of rotatable bonds is 1. The number of hydrogen-bond acceptors (Lipinski definition) is 3. The van der Waals surface area contributed by atoms with Crippen LogP contribution in [0.4, 0.5) is 4.39 Å². The first kappa shape index (κ1) is 8.93. The van der Waals surface area contributed by atoms with Crippen molar-refractivity contribution in [1.82, 2.24) is 0 Å². The van der Waals surface area contributed by atoms with Crippen LogP contribution < -0.4 is 4.74 Å². The van der Waals surface area contributed by atoms with Gasteiger partial charge in [-0.2, -0.15) is 0 Å². The molecular weight excluding hydrogens is 189 g/mol. The molecule has 0 N–H and O–H groups in total. The topological polar surface area (TPSA) is 52.4 Å². The highest BCUT2D eigenvalue weighted by molar-refractivity contribution is 5.36. The van der Waals surface area contributed by atoms with E-state index in [1.807, 2.05) is 0 Å². The summed E-state index contributed by atoms with van der Waals surface area (Å²) in [6.07, 6.45) is 0.308. The van der Waals surface area contributed by atoms with Crippen molar-refractivity contribution < 1.29 is 14.1 Å². The Morgan fingerprint density at radius 2 is 2.36 bits per heavy atom. The zero-order valence-electron chi connectivity index (χ0n) is 7.27. The molecule has 1 aliphatic heterocycles. The number of fused-ring (bicyclic) bond motifs is 1. The van der Waals surface area contributed by atoms with Crippen LogP contribution in [-0.2, 0) is 6.42 Å². The first-order valence-electron chi connectivity index (χ1n) is 4.21. The number of hydrogen-bond donors (Lipinski definition) is 0. The molecule has 1 unspecified atom stereocenters. The number of benzene rings is 1. The van der Waals surface area contributed by atoms with Gasteiger partial charge >= 0.3 is 0 Å². The Morgan fingerprint density at radius 3 is 3.07 bits per heavy atom. The van der Waals surface area contributed by atoms with Crippen molar-refractivity contribution in [3.63, 3.8) is 0 Å². The Bertz CT molecular complexity index is 380. The third kappa shape index (κ3) is 1.53. The van der Waals surface area contributed by atoms with E-state index in [9.17, 15) is 14.5 Å². The molecule has 1 heterocycles. The molecule has 0 aromatic heterocycles. The van der Waals surface area contributed by atoms with E-state index < -0.39 is 6.04 Å². The molecule has 1 aromatic rings. The largest absolute Gasteiger partial charge is 0.486 e. The van der Waals surface area contributed by atoms with Gasteiger partial charge in [-0.05, 0) is 6.07 Å². The predicted molar refractivity (Wildman–Crippen MR) is 46.4 cm³/mol. The molecule has 4 nitrogen and oxygen atoms in total. The smallest absolute Gasteiger partial charge is 0.250 e. The number of nitrogens with zero attached hydrogens (tertiary/aromatic N) is 1. The van der Waals surface area contributed by atoms with Crippen molar-refractivity contribution in [2.45, 2.75) is 12.5 Å². The highest BCUT2D eigenvalue weighted by Crippen LogP contribution is 2.26. The van der Waals surface area contributed by atoms with Crippen molar-refractivity contribution in [3.8, 4) is 5.75 Å². The second kappa shape index (κ2) is 3.25. The molecule has 1 atom stereocenters. The van der Waals surface area contributed by atoms with Crippen LogP contribution in [0.2, 0.25) is 0 Å². The lowest BCUT2D eigenvalue weighted by molar-refractivity contribution is -0.525. The first-order chi connectivity index (χ1) is 6.66. The second-order valence-corrected chi connectivity index (χ2v) is 3.21. The summed E-state index contributed by atoms with van der Waals surface area (Å²) in [7, 11) is 0. The van der Waals surface area contributed by atoms with Crippen LogP contribution in [0.15, 0.2) is 18.2 Å². The fourth-order valence-corrected chi connectivity index (χ4v) is 1.47. The Kier molecular flexibility index (Phi) is 2.07. The molecule has 0 saturated carbocycles. The summed E-state index contributed by atoms with van der Waals surface area (Å²) in [6, 6.07) is 3.35. The van der Waals surface area contributed by atoms with Gasteiger partial charge in [-0.3, -0.25) is 10.1 Å². The third-order valence-electron chi connectivity index (χ3n) is 2.21. The summed E-state index contributed by atoms with van der Waals surface area (Å²) < 4.78 is 17.8. The monoisotopic (exact) mass is 197 g/mol. The van der Waals surface area contributed by atoms with Gasteiger partial charge in [0.05, 0.1) is 0 Å². The van der Waals surface area contributed by atoms with E-state index in [1.165, 1.54) is 18.2 Å². The predicted octanol–water partition coefficient (Wildman–Crippen LogP) is 1.41. The molecule has 0 spiro atoms. The number of nitro groups is 1. The van der Waals surface area contributed by atoms with Crippen LogP contribution in [0.5, 0.6) is 5.75 Å². The second-order valence-electron chi connectivity index (χ2n) is 3.21. The van der Waals surface area contributed by atoms with Gasteiger partial charge < -0.3 is 4.74 Å². The van der Waals surface area contributed by atoms with Gasteiger partial charge in [0.25, 0.3) is 6.04 Å². The van der Waals surface area contributed by atoms with Crippen LogP contribution >= 0.6 is 0 Å². The molecule has 0 radical (unpaired) electrons. The molecule has 0 fully saturated rings. The maximum atomic E-state index is 12.7.